The quantitative estimate of drug-likeness (QED) is 0.267. The molecule has 2 atom stereocenters. The molecule has 42 heavy (non-hydrogen) atoms. The Morgan fingerprint density at radius 3 is 2.57 bits per heavy atom. The zero-order valence-electron chi connectivity index (χ0n) is 23.8. The highest BCUT2D eigenvalue weighted by Gasteiger charge is 2.39. The van der Waals surface area contributed by atoms with Gasteiger partial charge in [-0.15, -0.1) is 0 Å². The number of likely N-dealkylation sites (tertiary alicyclic amines) is 1. The highest BCUT2D eigenvalue weighted by atomic mass is 19.1. The Hall–Kier alpha value is -4.08. The lowest BCUT2D eigenvalue weighted by molar-refractivity contribution is 0.0586. The van der Waals surface area contributed by atoms with Gasteiger partial charge >= 0.3 is 0 Å². The Balaban J connectivity index is 1.10. The molecule has 9 heteroatoms. The van der Waals surface area contributed by atoms with Gasteiger partial charge in [0.15, 0.2) is 5.78 Å². The van der Waals surface area contributed by atoms with Crippen LogP contribution in [0.5, 0.6) is 5.75 Å². The van der Waals surface area contributed by atoms with Crippen molar-refractivity contribution in [3.8, 4) is 5.75 Å². The molecule has 0 spiro atoms. The van der Waals surface area contributed by atoms with Crippen molar-refractivity contribution in [2.75, 3.05) is 33.3 Å². The number of rotatable bonds is 11. The fourth-order valence-corrected chi connectivity index (χ4v) is 6.58. The third-order valence-electron chi connectivity index (χ3n) is 8.51. The molecule has 4 aromatic rings. The molecular formula is C33H36FN5O3. The Kier molecular flexibility index (Phi) is 8.30. The summed E-state index contributed by atoms with van der Waals surface area (Å²) in [5, 5.41) is 3.77. The van der Waals surface area contributed by atoms with E-state index in [1.165, 1.54) is 12.1 Å². The van der Waals surface area contributed by atoms with Crippen LogP contribution in [-0.2, 0) is 13.1 Å². The molecule has 2 fully saturated rings. The molecule has 2 aliphatic rings. The summed E-state index contributed by atoms with van der Waals surface area (Å²) in [7, 11) is 1.64. The second-order valence-corrected chi connectivity index (χ2v) is 11.2. The van der Waals surface area contributed by atoms with Gasteiger partial charge in [-0.05, 0) is 55.2 Å². The second kappa shape index (κ2) is 12.4. The van der Waals surface area contributed by atoms with Crippen molar-refractivity contribution in [2.45, 2.75) is 44.4 Å². The third-order valence-corrected chi connectivity index (χ3v) is 8.51. The topological polar surface area (TPSA) is 79.7 Å². The molecule has 0 radical (unpaired) electrons. The van der Waals surface area contributed by atoms with E-state index in [4.69, 9.17) is 4.74 Å². The van der Waals surface area contributed by atoms with Gasteiger partial charge in [0.2, 0.25) is 0 Å². The number of ether oxygens (including phenoxy) is 1. The molecule has 6 rings (SSSR count). The largest absolute Gasteiger partial charge is 0.495 e. The molecule has 2 aromatic heterocycles. The van der Waals surface area contributed by atoms with Crippen molar-refractivity contribution in [3.63, 3.8) is 0 Å². The van der Waals surface area contributed by atoms with Crippen LogP contribution in [0, 0.1) is 5.82 Å². The number of hydrogen-bond donors (Lipinski definition) is 1. The van der Waals surface area contributed by atoms with E-state index in [0.29, 0.717) is 35.4 Å². The number of aromatic nitrogens is 2. The molecule has 2 saturated heterocycles. The highest BCUT2D eigenvalue weighted by molar-refractivity contribution is 6.08. The fourth-order valence-electron chi connectivity index (χ4n) is 6.58. The van der Waals surface area contributed by atoms with Gasteiger partial charge in [0, 0.05) is 62.6 Å². The second-order valence-electron chi connectivity index (χ2n) is 11.2. The lowest BCUT2D eigenvalue weighted by Gasteiger charge is -2.40. The van der Waals surface area contributed by atoms with Crippen molar-refractivity contribution < 1.29 is 18.7 Å². The summed E-state index contributed by atoms with van der Waals surface area (Å²) in [6, 6.07) is 18.4. The number of nitrogens with one attached hydrogen (secondary N) is 1. The number of pyridine rings is 1. The lowest BCUT2D eigenvalue weighted by Crippen LogP contribution is -2.54. The van der Waals surface area contributed by atoms with Crippen LogP contribution in [0.15, 0.2) is 73.1 Å². The number of hydrogen-bond acceptors (Lipinski definition) is 6. The van der Waals surface area contributed by atoms with Crippen LogP contribution < -0.4 is 10.1 Å². The number of amides is 1. The van der Waals surface area contributed by atoms with Crippen LogP contribution >= 0.6 is 0 Å². The maximum absolute atomic E-state index is 13.6. The monoisotopic (exact) mass is 569 g/mol. The number of nitrogens with zero attached hydrogens (tertiary/aromatic N) is 4. The number of carbonyl (C=O) groups excluding carboxylic acids is 2. The van der Waals surface area contributed by atoms with Crippen molar-refractivity contribution in [1.29, 1.82) is 0 Å². The molecule has 1 N–H and O–H groups in total. The Labute approximate surface area is 245 Å². The number of aryl methyl sites for hydroxylation is 1. The summed E-state index contributed by atoms with van der Waals surface area (Å²) in [4.78, 5) is 35.1. The molecule has 8 nitrogen and oxygen atoms in total. The van der Waals surface area contributed by atoms with Gasteiger partial charge in [-0.3, -0.25) is 24.4 Å². The number of halogens is 1. The van der Waals surface area contributed by atoms with Gasteiger partial charge in [-0.2, -0.15) is 0 Å². The number of methoxy groups -OCH3 is 1. The number of Topliss-reactive ketones (excluding diaryl/α,β-unsaturated/α-hetero) is 1. The number of ketones is 1. The standard InChI is InChI=1S/C33H36FN5O3/c1-42-31-11-5-9-27-28(33(41)36-18-23-7-4-8-24(34)17-23)21-38(32(27)31)15-6-16-39-25-12-13-26(39)20-37(19-25)22-30(40)29-10-2-3-14-35-29/h2-5,7-11,14,17,21,25-26H,6,12-13,15-16,18-20,22H2,1H3,(H,36,41). The predicted molar refractivity (Wildman–Crippen MR) is 159 cm³/mol. The average molecular weight is 570 g/mol. The van der Waals surface area contributed by atoms with Crippen molar-refractivity contribution >= 4 is 22.6 Å². The summed E-state index contributed by atoms with van der Waals surface area (Å²) in [5.41, 5.74) is 2.72. The minimum Gasteiger partial charge on any atom is -0.495 e. The number of piperazine rings is 1. The first-order valence-corrected chi connectivity index (χ1v) is 14.6. The maximum atomic E-state index is 13.6. The van der Waals surface area contributed by atoms with Gasteiger partial charge in [0.05, 0.1) is 24.7 Å². The zero-order chi connectivity index (χ0) is 29.1. The molecule has 2 bridgehead atoms. The predicted octanol–water partition coefficient (Wildman–Crippen LogP) is 4.54. The lowest BCUT2D eigenvalue weighted by atomic mass is 10.1. The third kappa shape index (κ3) is 5.93. The van der Waals surface area contributed by atoms with Crippen LogP contribution in [0.4, 0.5) is 4.39 Å². The van der Waals surface area contributed by atoms with Crippen LogP contribution in [0.2, 0.25) is 0 Å². The minimum absolute atomic E-state index is 0.0765. The number of fused-ring (bicyclic) bond motifs is 3. The van der Waals surface area contributed by atoms with Gasteiger partial charge in [-0.25, -0.2) is 4.39 Å². The van der Waals surface area contributed by atoms with E-state index in [-0.39, 0.29) is 24.1 Å². The number of benzene rings is 2. The van der Waals surface area contributed by atoms with Gasteiger partial charge in [-0.1, -0.05) is 30.3 Å². The molecule has 1 amide bonds. The van der Waals surface area contributed by atoms with E-state index in [0.717, 1.165) is 62.1 Å². The number of carbonyl (C=O) groups is 2. The van der Waals surface area contributed by atoms with E-state index in [9.17, 15) is 14.0 Å². The van der Waals surface area contributed by atoms with E-state index < -0.39 is 0 Å². The molecular weight excluding hydrogens is 533 g/mol. The molecule has 2 aliphatic heterocycles. The van der Waals surface area contributed by atoms with Crippen LogP contribution in [-0.4, -0.2) is 76.4 Å². The molecule has 0 saturated carbocycles. The molecule has 2 aromatic carbocycles. The van der Waals surface area contributed by atoms with E-state index in [1.54, 1.807) is 31.5 Å². The van der Waals surface area contributed by atoms with Crippen molar-refractivity contribution in [2.24, 2.45) is 0 Å². The Bertz CT molecular complexity index is 1560. The summed E-state index contributed by atoms with van der Waals surface area (Å²) in [5.74, 6) is 0.275. The SMILES string of the molecule is COc1cccc2c(C(=O)NCc3cccc(F)c3)cn(CCCN3C4CCC3CN(CC(=O)c3ccccn3)C4)c12. The van der Waals surface area contributed by atoms with Gasteiger partial charge in [0.1, 0.15) is 17.3 Å². The Morgan fingerprint density at radius 1 is 1.02 bits per heavy atom. The summed E-state index contributed by atoms with van der Waals surface area (Å²) < 4.78 is 21.4. The van der Waals surface area contributed by atoms with E-state index >= 15 is 0 Å². The minimum atomic E-state index is -0.323. The first-order chi connectivity index (χ1) is 20.5. The van der Waals surface area contributed by atoms with Crippen molar-refractivity contribution in [1.82, 2.24) is 24.7 Å². The van der Waals surface area contributed by atoms with Crippen LogP contribution in [0.1, 0.15) is 45.7 Å². The van der Waals surface area contributed by atoms with Crippen molar-refractivity contribution in [3.05, 3.63) is 95.7 Å². The smallest absolute Gasteiger partial charge is 0.253 e. The molecule has 218 valence electrons. The van der Waals surface area contributed by atoms with Gasteiger partial charge < -0.3 is 14.6 Å². The average Bonchev–Trinajstić information content (AvgIpc) is 3.49. The molecule has 0 aliphatic carbocycles. The zero-order valence-corrected chi connectivity index (χ0v) is 23.8. The maximum Gasteiger partial charge on any atom is 0.253 e. The number of para-hydroxylation sites is 1. The first kappa shape index (κ1) is 28.1. The fraction of sp³-hybridized carbons (Fsp3) is 0.364. The van der Waals surface area contributed by atoms with E-state index in [2.05, 4.69) is 24.7 Å². The van der Waals surface area contributed by atoms with Crippen LogP contribution in [0.3, 0.4) is 0 Å². The first-order valence-electron chi connectivity index (χ1n) is 14.6. The van der Waals surface area contributed by atoms with Gasteiger partial charge in [0.25, 0.3) is 5.91 Å². The summed E-state index contributed by atoms with van der Waals surface area (Å²) in [6.07, 6.45) is 6.79. The van der Waals surface area contributed by atoms with E-state index in [1.807, 2.05) is 36.5 Å². The molecule has 4 heterocycles. The molecule has 2 unspecified atom stereocenters. The summed E-state index contributed by atoms with van der Waals surface area (Å²) in [6.45, 7) is 4.14. The Morgan fingerprint density at radius 2 is 1.83 bits per heavy atom. The highest BCUT2D eigenvalue weighted by Crippen LogP contribution is 2.32. The van der Waals surface area contributed by atoms with Crippen LogP contribution in [0.25, 0.3) is 10.9 Å². The summed E-state index contributed by atoms with van der Waals surface area (Å²) >= 11 is 0. The normalized spacial score (nSPS) is 18.8.